The zero-order valence-corrected chi connectivity index (χ0v) is 11.5. The summed E-state index contributed by atoms with van der Waals surface area (Å²) in [6.07, 6.45) is 0. The van der Waals surface area contributed by atoms with Gasteiger partial charge in [-0.25, -0.2) is 4.68 Å². The van der Waals surface area contributed by atoms with E-state index in [0.717, 1.165) is 22.2 Å². The number of aliphatic carboxylic acids is 1. The van der Waals surface area contributed by atoms with Gasteiger partial charge in [0.05, 0.1) is 24.2 Å². The van der Waals surface area contributed by atoms with Crippen LogP contribution in [0.3, 0.4) is 0 Å². The number of thioether (sulfide) groups is 1. The van der Waals surface area contributed by atoms with Crippen LogP contribution in [0.2, 0.25) is 0 Å². The van der Waals surface area contributed by atoms with Crippen LogP contribution in [0.4, 0.5) is 0 Å². The number of ether oxygens (including phenoxy) is 1. The first-order valence-electron chi connectivity index (χ1n) is 5.66. The maximum atomic E-state index is 10.6. The Hall–Kier alpha value is -1.95. The van der Waals surface area contributed by atoms with Crippen molar-refractivity contribution in [1.82, 2.24) is 9.78 Å². The normalized spacial score (nSPS) is 10.4. The number of aryl methyl sites for hydroxylation is 1. The highest BCUT2D eigenvalue weighted by molar-refractivity contribution is 7.99. The van der Waals surface area contributed by atoms with Gasteiger partial charge in [-0.05, 0) is 37.3 Å². The minimum atomic E-state index is -0.842. The van der Waals surface area contributed by atoms with Crippen LogP contribution in [0.5, 0.6) is 5.75 Å². The summed E-state index contributed by atoms with van der Waals surface area (Å²) in [4.78, 5) is 10.6. The molecule has 0 aliphatic carbocycles. The van der Waals surface area contributed by atoms with Crippen LogP contribution in [0.15, 0.2) is 35.4 Å². The van der Waals surface area contributed by atoms with Gasteiger partial charge >= 0.3 is 5.97 Å². The van der Waals surface area contributed by atoms with Crippen molar-refractivity contribution in [3.63, 3.8) is 0 Å². The number of carboxylic acids is 1. The van der Waals surface area contributed by atoms with Crippen molar-refractivity contribution in [2.24, 2.45) is 0 Å². The molecule has 0 spiro atoms. The summed E-state index contributed by atoms with van der Waals surface area (Å²) in [5, 5.41) is 13.9. The average Bonchev–Trinajstić information content (AvgIpc) is 2.78. The van der Waals surface area contributed by atoms with Gasteiger partial charge < -0.3 is 9.84 Å². The molecule has 1 N–H and O–H groups in total. The van der Waals surface area contributed by atoms with Crippen molar-refractivity contribution in [2.75, 3.05) is 12.9 Å². The van der Waals surface area contributed by atoms with Crippen molar-refractivity contribution in [3.05, 3.63) is 36.0 Å². The minimum Gasteiger partial charge on any atom is -0.497 e. The molecule has 2 rings (SSSR count). The lowest BCUT2D eigenvalue weighted by atomic mass is 10.3. The van der Waals surface area contributed by atoms with Crippen LogP contribution in [0.25, 0.3) is 5.69 Å². The Kier molecular flexibility index (Phi) is 4.11. The molecule has 0 unspecified atom stereocenters. The van der Waals surface area contributed by atoms with E-state index >= 15 is 0 Å². The number of hydrogen-bond donors (Lipinski definition) is 1. The number of methoxy groups -OCH3 is 1. The van der Waals surface area contributed by atoms with Gasteiger partial charge in [0, 0.05) is 0 Å². The van der Waals surface area contributed by atoms with Crippen molar-refractivity contribution in [3.8, 4) is 11.4 Å². The van der Waals surface area contributed by atoms with Crippen LogP contribution in [-0.2, 0) is 4.79 Å². The molecule has 0 fully saturated rings. The molecule has 0 saturated heterocycles. The van der Waals surface area contributed by atoms with Crippen LogP contribution < -0.4 is 4.74 Å². The van der Waals surface area contributed by atoms with Crippen LogP contribution in [0.1, 0.15) is 5.69 Å². The molecular weight excluding hydrogens is 264 g/mol. The zero-order valence-electron chi connectivity index (χ0n) is 10.7. The van der Waals surface area contributed by atoms with Crippen molar-refractivity contribution in [2.45, 2.75) is 11.9 Å². The molecule has 0 bridgehead atoms. The second kappa shape index (κ2) is 5.79. The molecule has 2 aromatic rings. The fourth-order valence-corrected chi connectivity index (χ4v) is 2.42. The Morgan fingerprint density at radius 1 is 1.42 bits per heavy atom. The van der Waals surface area contributed by atoms with Crippen LogP contribution in [0, 0.1) is 6.92 Å². The molecule has 0 saturated carbocycles. The molecule has 5 nitrogen and oxygen atoms in total. The van der Waals surface area contributed by atoms with Crippen molar-refractivity contribution in [1.29, 1.82) is 0 Å². The lowest BCUT2D eigenvalue weighted by Crippen LogP contribution is -2.02. The smallest absolute Gasteiger partial charge is 0.313 e. The lowest BCUT2D eigenvalue weighted by Gasteiger charge is -2.07. The van der Waals surface area contributed by atoms with Gasteiger partial charge in [0.1, 0.15) is 10.8 Å². The number of carboxylic acid groups (broad SMARTS) is 1. The molecule has 0 aliphatic heterocycles. The van der Waals surface area contributed by atoms with E-state index in [1.807, 2.05) is 37.3 Å². The Morgan fingerprint density at radius 3 is 2.68 bits per heavy atom. The molecule has 100 valence electrons. The predicted molar refractivity (Wildman–Crippen MR) is 73.2 cm³/mol. The fourth-order valence-electron chi connectivity index (χ4n) is 1.62. The summed E-state index contributed by atoms with van der Waals surface area (Å²) in [6.45, 7) is 1.88. The van der Waals surface area contributed by atoms with E-state index in [-0.39, 0.29) is 5.75 Å². The van der Waals surface area contributed by atoms with Crippen LogP contribution >= 0.6 is 11.8 Å². The third-order valence-electron chi connectivity index (χ3n) is 2.46. The van der Waals surface area contributed by atoms with Crippen molar-refractivity contribution >= 4 is 17.7 Å². The topological polar surface area (TPSA) is 64.4 Å². The first-order valence-corrected chi connectivity index (χ1v) is 6.64. The highest BCUT2D eigenvalue weighted by atomic mass is 32.2. The summed E-state index contributed by atoms with van der Waals surface area (Å²) >= 11 is 1.25. The van der Waals surface area contributed by atoms with E-state index in [4.69, 9.17) is 9.84 Å². The number of hydrogen-bond acceptors (Lipinski definition) is 4. The van der Waals surface area contributed by atoms with Gasteiger partial charge in [-0.3, -0.25) is 4.79 Å². The first kappa shape index (κ1) is 13.5. The number of benzene rings is 1. The van der Waals surface area contributed by atoms with Gasteiger partial charge in [0.2, 0.25) is 0 Å². The zero-order chi connectivity index (χ0) is 13.8. The van der Waals surface area contributed by atoms with Gasteiger partial charge in [0.15, 0.2) is 0 Å². The standard InChI is InChI=1S/C13H14N2O3S/c1-9-7-12(19-8-13(16)17)15(14-9)10-3-5-11(18-2)6-4-10/h3-7H,8H2,1-2H3,(H,16,17). The number of nitrogens with zero attached hydrogens (tertiary/aromatic N) is 2. The van der Waals surface area contributed by atoms with E-state index in [2.05, 4.69) is 5.10 Å². The third-order valence-corrected chi connectivity index (χ3v) is 3.44. The summed E-state index contributed by atoms with van der Waals surface area (Å²) in [7, 11) is 1.61. The molecule has 0 aliphatic rings. The Balaban J connectivity index is 2.29. The minimum absolute atomic E-state index is 0.0152. The molecular formula is C13H14N2O3S. The van der Waals surface area contributed by atoms with E-state index in [9.17, 15) is 4.79 Å². The average molecular weight is 278 g/mol. The quantitative estimate of drug-likeness (QED) is 0.851. The van der Waals surface area contributed by atoms with Gasteiger partial charge in [-0.1, -0.05) is 11.8 Å². The maximum Gasteiger partial charge on any atom is 0.313 e. The van der Waals surface area contributed by atoms with E-state index in [1.165, 1.54) is 11.8 Å². The number of rotatable bonds is 5. The number of aromatic nitrogens is 2. The summed E-state index contributed by atoms with van der Waals surface area (Å²) in [6, 6.07) is 9.33. The summed E-state index contributed by atoms with van der Waals surface area (Å²) in [5.74, 6) is -0.0566. The molecule has 1 aromatic heterocycles. The van der Waals surface area contributed by atoms with Crippen molar-refractivity contribution < 1.29 is 14.6 Å². The second-order valence-corrected chi connectivity index (χ2v) is 4.91. The SMILES string of the molecule is COc1ccc(-n2nc(C)cc2SCC(=O)O)cc1. The molecule has 0 atom stereocenters. The summed E-state index contributed by atoms with van der Waals surface area (Å²) < 4.78 is 6.85. The molecule has 0 radical (unpaired) electrons. The Bertz CT molecular complexity index is 578. The highest BCUT2D eigenvalue weighted by Gasteiger charge is 2.10. The lowest BCUT2D eigenvalue weighted by molar-refractivity contribution is -0.133. The van der Waals surface area contributed by atoms with E-state index in [0.29, 0.717) is 0 Å². The largest absolute Gasteiger partial charge is 0.497 e. The maximum absolute atomic E-state index is 10.6. The monoisotopic (exact) mass is 278 g/mol. The van der Waals surface area contributed by atoms with Gasteiger partial charge in [-0.2, -0.15) is 5.10 Å². The first-order chi connectivity index (χ1) is 9.10. The summed E-state index contributed by atoms with van der Waals surface area (Å²) in [5.41, 5.74) is 1.73. The molecule has 1 heterocycles. The molecule has 6 heteroatoms. The third kappa shape index (κ3) is 3.29. The fraction of sp³-hybridized carbons (Fsp3) is 0.231. The molecule has 0 amide bonds. The highest BCUT2D eigenvalue weighted by Crippen LogP contribution is 2.24. The molecule has 19 heavy (non-hydrogen) atoms. The van der Waals surface area contributed by atoms with Crippen LogP contribution in [-0.4, -0.2) is 33.7 Å². The molecule has 1 aromatic carbocycles. The van der Waals surface area contributed by atoms with E-state index < -0.39 is 5.97 Å². The van der Waals surface area contributed by atoms with E-state index in [1.54, 1.807) is 11.8 Å². The predicted octanol–water partition coefficient (Wildman–Crippen LogP) is 2.37. The van der Waals surface area contributed by atoms with Gasteiger partial charge in [-0.15, -0.1) is 0 Å². The second-order valence-electron chi connectivity index (χ2n) is 3.92. The number of carbonyl (C=O) groups is 1. The Morgan fingerprint density at radius 2 is 2.11 bits per heavy atom. The Labute approximate surface area is 115 Å². The van der Waals surface area contributed by atoms with Gasteiger partial charge in [0.25, 0.3) is 0 Å².